The van der Waals surface area contributed by atoms with E-state index < -0.39 is 0 Å². The van der Waals surface area contributed by atoms with Gasteiger partial charge in [-0.25, -0.2) is 0 Å². The van der Waals surface area contributed by atoms with Gasteiger partial charge in [0.1, 0.15) is 5.75 Å². The molecule has 0 saturated carbocycles. The van der Waals surface area contributed by atoms with Gasteiger partial charge < -0.3 is 24.6 Å². The lowest BCUT2D eigenvalue weighted by atomic mass is 10.1. The van der Waals surface area contributed by atoms with Gasteiger partial charge in [-0.05, 0) is 48.7 Å². The standard InChI is InChI=1S/C28H33N5O5/c1-37-22-9-10-24-23(18-22)26(27(35)29-11-3-13-31-12-2-4-25(31)34)30-33(24)19-20-5-7-21(8-6-20)28(36)32-14-16-38-17-15-32/h5-10,18H,2-4,11-17,19H2,1H3,(H,29,35). The molecule has 1 N–H and O–H groups in total. The third kappa shape index (κ3) is 5.65. The number of nitrogens with one attached hydrogen (secondary N) is 1. The van der Waals surface area contributed by atoms with Crippen LogP contribution >= 0.6 is 0 Å². The van der Waals surface area contributed by atoms with Crippen molar-refractivity contribution in [1.29, 1.82) is 0 Å². The summed E-state index contributed by atoms with van der Waals surface area (Å²) in [6.07, 6.45) is 2.21. The van der Waals surface area contributed by atoms with Crippen LogP contribution in [0.3, 0.4) is 0 Å². The number of methoxy groups -OCH3 is 1. The molecule has 2 aliphatic heterocycles. The van der Waals surface area contributed by atoms with E-state index in [1.165, 1.54) is 0 Å². The second kappa shape index (κ2) is 11.6. The number of amides is 3. The Morgan fingerprint density at radius 2 is 1.87 bits per heavy atom. The Bertz CT molecular complexity index is 1310. The topological polar surface area (TPSA) is 106 Å². The van der Waals surface area contributed by atoms with Crippen LogP contribution in [0, 0.1) is 0 Å². The first-order chi connectivity index (χ1) is 18.5. The van der Waals surface area contributed by atoms with E-state index in [9.17, 15) is 14.4 Å². The molecule has 0 unspecified atom stereocenters. The molecule has 0 bridgehead atoms. The first-order valence-electron chi connectivity index (χ1n) is 13.1. The average molecular weight is 520 g/mol. The van der Waals surface area contributed by atoms with Crippen molar-refractivity contribution in [1.82, 2.24) is 24.9 Å². The number of carbonyl (C=O) groups excluding carboxylic acids is 3. The maximum absolute atomic E-state index is 13.1. The van der Waals surface area contributed by atoms with Gasteiger partial charge in [0, 0.05) is 50.1 Å². The van der Waals surface area contributed by atoms with Crippen molar-refractivity contribution in [2.45, 2.75) is 25.8 Å². The van der Waals surface area contributed by atoms with Gasteiger partial charge in [-0.2, -0.15) is 5.10 Å². The zero-order valence-corrected chi connectivity index (χ0v) is 21.6. The fourth-order valence-electron chi connectivity index (χ4n) is 4.94. The molecule has 10 heteroatoms. The highest BCUT2D eigenvalue weighted by Crippen LogP contribution is 2.25. The van der Waals surface area contributed by atoms with Gasteiger partial charge in [0.25, 0.3) is 11.8 Å². The number of ether oxygens (including phenoxy) is 2. The summed E-state index contributed by atoms with van der Waals surface area (Å²) in [6.45, 7) is 4.67. The molecule has 10 nitrogen and oxygen atoms in total. The van der Waals surface area contributed by atoms with Crippen LogP contribution in [0.1, 0.15) is 45.7 Å². The minimum absolute atomic E-state index is 0.00420. The molecule has 3 aromatic rings. The Hall–Kier alpha value is -3.92. The average Bonchev–Trinajstić information content (AvgIpc) is 3.53. The van der Waals surface area contributed by atoms with Crippen LogP contribution < -0.4 is 10.1 Å². The van der Waals surface area contributed by atoms with Crippen molar-refractivity contribution >= 4 is 28.6 Å². The lowest BCUT2D eigenvalue weighted by molar-refractivity contribution is -0.127. The molecule has 0 radical (unpaired) electrons. The number of rotatable bonds is 9. The molecule has 3 amide bonds. The second-order valence-corrected chi connectivity index (χ2v) is 9.58. The van der Waals surface area contributed by atoms with Crippen LogP contribution in [0.2, 0.25) is 0 Å². The number of carbonyl (C=O) groups is 3. The Balaban J connectivity index is 1.29. The Labute approximate surface area is 221 Å². The molecular formula is C28H33N5O5. The van der Waals surface area contributed by atoms with Gasteiger partial charge >= 0.3 is 0 Å². The van der Waals surface area contributed by atoms with Crippen LogP contribution in [0.25, 0.3) is 10.9 Å². The highest BCUT2D eigenvalue weighted by Gasteiger charge is 2.21. The summed E-state index contributed by atoms with van der Waals surface area (Å²) >= 11 is 0. The predicted molar refractivity (Wildman–Crippen MR) is 141 cm³/mol. The lowest BCUT2D eigenvalue weighted by Gasteiger charge is -2.26. The number of likely N-dealkylation sites (tertiary alicyclic amines) is 1. The molecule has 2 fully saturated rings. The van der Waals surface area contributed by atoms with Crippen molar-refractivity contribution in [2.75, 3.05) is 53.0 Å². The van der Waals surface area contributed by atoms with E-state index in [1.54, 1.807) is 16.7 Å². The Morgan fingerprint density at radius 1 is 1.08 bits per heavy atom. The summed E-state index contributed by atoms with van der Waals surface area (Å²) in [7, 11) is 1.59. The van der Waals surface area contributed by atoms with E-state index in [-0.39, 0.29) is 17.7 Å². The summed E-state index contributed by atoms with van der Waals surface area (Å²) in [5, 5.41) is 8.31. The fourth-order valence-corrected chi connectivity index (χ4v) is 4.94. The smallest absolute Gasteiger partial charge is 0.272 e. The molecule has 200 valence electrons. The molecule has 0 spiro atoms. The highest BCUT2D eigenvalue weighted by molar-refractivity contribution is 6.05. The number of aromatic nitrogens is 2. The van der Waals surface area contributed by atoms with Crippen LogP contribution in [0.4, 0.5) is 0 Å². The molecule has 0 aliphatic carbocycles. The number of hydrogen-bond donors (Lipinski definition) is 1. The normalized spacial score (nSPS) is 15.8. The van der Waals surface area contributed by atoms with Crippen LogP contribution in [-0.4, -0.2) is 90.3 Å². The van der Waals surface area contributed by atoms with E-state index in [4.69, 9.17) is 9.47 Å². The summed E-state index contributed by atoms with van der Waals surface area (Å²) in [6, 6.07) is 13.1. The number of fused-ring (bicyclic) bond motifs is 1. The SMILES string of the molecule is COc1ccc2c(c1)c(C(=O)NCCCN1CCCC1=O)nn2Cc1ccc(C(=O)N2CCOCC2)cc1. The minimum Gasteiger partial charge on any atom is -0.497 e. The predicted octanol–water partition coefficient (Wildman–Crippen LogP) is 2.31. The van der Waals surface area contributed by atoms with Gasteiger partial charge in [0.2, 0.25) is 5.91 Å². The second-order valence-electron chi connectivity index (χ2n) is 9.58. The van der Waals surface area contributed by atoms with Crippen LogP contribution in [0.5, 0.6) is 5.75 Å². The van der Waals surface area contributed by atoms with Gasteiger partial charge in [-0.1, -0.05) is 12.1 Å². The van der Waals surface area contributed by atoms with Gasteiger partial charge in [-0.15, -0.1) is 0 Å². The van der Waals surface area contributed by atoms with E-state index in [2.05, 4.69) is 10.4 Å². The molecule has 3 heterocycles. The number of morpholine rings is 1. The van der Waals surface area contributed by atoms with Crippen molar-refractivity contribution in [3.63, 3.8) is 0 Å². The van der Waals surface area contributed by atoms with Crippen molar-refractivity contribution in [3.05, 3.63) is 59.3 Å². The largest absolute Gasteiger partial charge is 0.497 e. The van der Waals surface area contributed by atoms with Crippen LogP contribution in [-0.2, 0) is 16.1 Å². The summed E-state index contributed by atoms with van der Waals surface area (Å²) in [5.74, 6) is 0.571. The fraction of sp³-hybridized carbons (Fsp3) is 0.429. The molecule has 2 aromatic carbocycles. The van der Waals surface area contributed by atoms with Gasteiger partial charge in [0.05, 0.1) is 32.4 Å². The van der Waals surface area contributed by atoms with E-state index in [0.29, 0.717) is 81.2 Å². The zero-order valence-electron chi connectivity index (χ0n) is 21.6. The first kappa shape index (κ1) is 25.7. The number of nitrogens with zero attached hydrogens (tertiary/aromatic N) is 4. The molecule has 1 aromatic heterocycles. The van der Waals surface area contributed by atoms with E-state index in [0.717, 1.165) is 24.0 Å². The van der Waals surface area contributed by atoms with E-state index in [1.807, 2.05) is 47.4 Å². The molecular weight excluding hydrogens is 486 g/mol. The minimum atomic E-state index is -0.263. The monoisotopic (exact) mass is 519 g/mol. The van der Waals surface area contributed by atoms with Gasteiger partial charge in [0.15, 0.2) is 5.69 Å². The Kier molecular flexibility index (Phi) is 7.88. The third-order valence-electron chi connectivity index (χ3n) is 7.07. The zero-order chi connectivity index (χ0) is 26.5. The molecule has 0 atom stereocenters. The summed E-state index contributed by atoms with van der Waals surface area (Å²) in [4.78, 5) is 41.3. The van der Waals surface area contributed by atoms with Crippen molar-refractivity contribution in [2.24, 2.45) is 0 Å². The number of benzene rings is 2. The van der Waals surface area contributed by atoms with Crippen molar-refractivity contribution in [3.8, 4) is 5.75 Å². The molecule has 38 heavy (non-hydrogen) atoms. The molecule has 2 saturated heterocycles. The number of hydrogen-bond acceptors (Lipinski definition) is 6. The first-order valence-corrected chi connectivity index (χ1v) is 13.1. The van der Waals surface area contributed by atoms with Gasteiger partial charge in [-0.3, -0.25) is 19.1 Å². The molecule has 2 aliphatic rings. The van der Waals surface area contributed by atoms with E-state index >= 15 is 0 Å². The summed E-state index contributed by atoms with van der Waals surface area (Å²) < 4.78 is 12.5. The highest BCUT2D eigenvalue weighted by atomic mass is 16.5. The summed E-state index contributed by atoms with van der Waals surface area (Å²) in [5.41, 5.74) is 2.75. The molecule has 5 rings (SSSR count). The quantitative estimate of drug-likeness (QED) is 0.435. The third-order valence-corrected chi connectivity index (χ3v) is 7.07. The maximum Gasteiger partial charge on any atom is 0.272 e. The van der Waals surface area contributed by atoms with Crippen LogP contribution in [0.15, 0.2) is 42.5 Å². The lowest BCUT2D eigenvalue weighted by Crippen LogP contribution is -2.40. The van der Waals surface area contributed by atoms with Crippen molar-refractivity contribution < 1.29 is 23.9 Å². The maximum atomic E-state index is 13.1. The Morgan fingerprint density at radius 3 is 2.58 bits per heavy atom.